The highest BCUT2D eigenvalue weighted by Crippen LogP contribution is 2.42. The van der Waals surface area contributed by atoms with E-state index in [1.165, 1.54) is 32.1 Å². The normalized spacial score (nSPS) is 28.8. The number of hydrogen-bond acceptors (Lipinski definition) is 5. The van der Waals surface area contributed by atoms with Gasteiger partial charge in [0.2, 0.25) is 0 Å². The van der Waals surface area contributed by atoms with Crippen LogP contribution < -0.4 is 4.74 Å². The third-order valence-electron chi connectivity index (χ3n) is 5.80. The van der Waals surface area contributed by atoms with Crippen LogP contribution in [0.15, 0.2) is 12.1 Å². The fourth-order valence-corrected chi connectivity index (χ4v) is 4.72. The molecule has 136 valence electrons. The maximum atomic E-state index is 14.1. The van der Waals surface area contributed by atoms with Gasteiger partial charge in [-0.15, -0.1) is 0 Å². The van der Waals surface area contributed by atoms with E-state index in [2.05, 4.69) is 4.90 Å². The van der Waals surface area contributed by atoms with E-state index >= 15 is 0 Å². The van der Waals surface area contributed by atoms with Crippen LogP contribution in [-0.4, -0.2) is 36.9 Å². The van der Waals surface area contributed by atoms with Crippen molar-refractivity contribution < 1.29 is 23.4 Å². The number of halogens is 1. The second-order valence-electron chi connectivity index (χ2n) is 7.22. The number of likely N-dealkylation sites (tertiary alicyclic amines) is 1. The molecule has 2 heterocycles. The number of benzene rings is 1. The highest BCUT2D eigenvalue weighted by Gasteiger charge is 2.45. The largest absolute Gasteiger partial charge is 0.468 e. The molecule has 2 fully saturated rings. The Kier molecular flexibility index (Phi) is 4.65. The summed E-state index contributed by atoms with van der Waals surface area (Å²) in [7, 11) is 1.44. The van der Waals surface area contributed by atoms with Gasteiger partial charge in [-0.1, -0.05) is 12.8 Å². The Morgan fingerprint density at radius 3 is 3.04 bits per heavy atom. The van der Waals surface area contributed by atoms with Crippen molar-refractivity contribution in [2.45, 2.75) is 57.3 Å². The van der Waals surface area contributed by atoms with Gasteiger partial charge in [0.25, 0.3) is 0 Å². The molecule has 4 rings (SSSR count). The summed E-state index contributed by atoms with van der Waals surface area (Å²) in [6, 6.07) is 3.09. The molecule has 0 radical (unpaired) electrons. The number of rotatable bonds is 3. The Bertz CT molecular complexity index is 665. The Labute approximate surface area is 147 Å². The molecule has 0 aromatic heterocycles. The standard InChI is InChI=1S/C19H24FNO4/c1-23-19(22)17-8-12-4-2-3-5-16(12)21(17)9-13-6-15(20)7-14-10-24-11-25-18(13)14/h6-7,12,16-17H,2-5,8-11H2,1H3/t12-,16-,17+/m1/s1. The summed E-state index contributed by atoms with van der Waals surface area (Å²) in [6.45, 7) is 1.03. The zero-order valence-corrected chi connectivity index (χ0v) is 14.5. The van der Waals surface area contributed by atoms with Gasteiger partial charge in [-0.3, -0.25) is 9.69 Å². The predicted octanol–water partition coefficient (Wildman–Crippen LogP) is 3.00. The van der Waals surface area contributed by atoms with E-state index in [0.29, 0.717) is 30.9 Å². The minimum Gasteiger partial charge on any atom is -0.468 e. The molecule has 0 bridgehead atoms. The third kappa shape index (κ3) is 3.13. The zero-order chi connectivity index (χ0) is 17.4. The van der Waals surface area contributed by atoms with Crippen LogP contribution in [0.1, 0.15) is 43.2 Å². The second-order valence-corrected chi connectivity index (χ2v) is 7.22. The average Bonchev–Trinajstić information content (AvgIpc) is 2.99. The van der Waals surface area contributed by atoms with Crippen LogP contribution in [0.5, 0.6) is 5.75 Å². The van der Waals surface area contributed by atoms with Gasteiger partial charge < -0.3 is 14.2 Å². The SMILES string of the molecule is COC(=O)[C@@H]1C[C@H]2CCCC[C@H]2N1Cc1cc(F)cc2c1OCOC2. The zero-order valence-electron chi connectivity index (χ0n) is 14.5. The lowest BCUT2D eigenvalue weighted by atomic mass is 9.84. The number of carbonyl (C=O) groups excluding carboxylic acids is 1. The van der Waals surface area contributed by atoms with Crippen LogP contribution in [0.25, 0.3) is 0 Å². The molecule has 0 spiro atoms. The molecule has 2 aliphatic heterocycles. The summed E-state index contributed by atoms with van der Waals surface area (Å²) in [6.07, 6.45) is 5.47. The predicted molar refractivity (Wildman–Crippen MR) is 88.4 cm³/mol. The number of esters is 1. The van der Waals surface area contributed by atoms with E-state index in [9.17, 15) is 9.18 Å². The molecule has 0 N–H and O–H groups in total. The van der Waals surface area contributed by atoms with Gasteiger partial charge >= 0.3 is 5.97 Å². The first kappa shape index (κ1) is 16.8. The fourth-order valence-electron chi connectivity index (χ4n) is 4.72. The Hall–Kier alpha value is -1.66. The lowest BCUT2D eigenvalue weighted by Crippen LogP contribution is -2.42. The van der Waals surface area contributed by atoms with Gasteiger partial charge in [-0.2, -0.15) is 0 Å². The minimum absolute atomic E-state index is 0.179. The van der Waals surface area contributed by atoms with E-state index in [1.54, 1.807) is 0 Å². The van der Waals surface area contributed by atoms with E-state index in [1.807, 2.05) is 0 Å². The van der Waals surface area contributed by atoms with Crippen molar-refractivity contribution in [1.82, 2.24) is 4.90 Å². The first-order valence-electron chi connectivity index (χ1n) is 9.03. The molecule has 0 amide bonds. The number of nitrogens with zero attached hydrogens (tertiary/aromatic N) is 1. The van der Waals surface area contributed by atoms with Crippen molar-refractivity contribution in [1.29, 1.82) is 0 Å². The summed E-state index contributed by atoms with van der Waals surface area (Å²) in [5.74, 6) is 0.739. The van der Waals surface area contributed by atoms with Crippen molar-refractivity contribution in [2.75, 3.05) is 13.9 Å². The summed E-state index contributed by atoms with van der Waals surface area (Å²) in [5, 5.41) is 0. The van der Waals surface area contributed by atoms with Crippen LogP contribution in [-0.2, 0) is 27.4 Å². The average molecular weight is 349 g/mol. The molecule has 5 nitrogen and oxygen atoms in total. The van der Waals surface area contributed by atoms with Crippen molar-refractivity contribution in [3.8, 4) is 5.75 Å². The molecule has 6 heteroatoms. The molecule has 25 heavy (non-hydrogen) atoms. The summed E-state index contributed by atoms with van der Waals surface area (Å²) < 4.78 is 30.0. The van der Waals surface area contributed by atoms with Crippen molar-refractivity contribution >= 4 is 5.97 Å². The van der Waals surface area contributed by atoms with E-state index in [4.69, 9.17) is 14.2 Å². The molecule has 3 atom stereocenters. The smallest absolute Gasteiger partial charge is 0.323 e. The molecule has 1 saturated carbocycles. The van der Waals surface area contributed by atoms with Gasteiger partial charge in [0.05, 0.1) is 13.7 Å². The molecule has 1 aromatic carbocycles. The molecular formula is C19H24FNO4. The quantitative estimate of drug-likeness (QED) is 0.785. The monoisotopic (exact) mass is 349 g/mol. The van der Waals surface area contributed by atoms with E-state index < -0.39 is 0 Å². The van der Waals surface area contributed by atoms with Gasteiger partial charge in [0, 0.05) is 23.7 Å². The van der Waals surface area contributed by atoms with E-state index in [0.717, 1.165) is 30.4 Å². The van der Waals surface area contributed by atoms with Crippen LogP contribution in [0.2, 0.25) is 0 Å². The molecule has 1 saturated heterocycles. The Morgan fingerprint density at radius 1 is 1.36 bits per heavy atom. The molecule has 1 aliphatic carbocycles. The van der Waals surface area contributed by atoms with Crippen molar-refractivity contribution in [3.05, 3.63) is 29.1 Å². The number of fused-ring (bicyclic) bond motifs is 2. The summed E-state index contributed by atoms with van der Waals surface area (Å²) >= 11 is 0. The number of carbonyl (C=O) groups is 1. The first-order valence-corrected chi connectivity index (χ1v) is 9.03. The van der Waals surface area contributed by atoms with Gasteiger partial charge in [-0.25, -0.2) is 4.39 Å². The number of ether oxygens (including phenoxy) is 3. The van der Waals surface area contributed by atoms with Crippen LogP contribution in [0.3, 0.4) is 0 Å². The number of methoxy groups -OCH3 is 1. The van der Waals surface area contributed by atoms with Crippen LogP contribution in [0, 0.1) is 11.7 Å². The molecule has 0 unspecified atom stereocenters. The van der Waals surface area contributed by atoms with Crippen molar-refractivity contribution in [3.63, 3.8) is 0 Å². The van der Waals surface area contributed by atoms with Crippen molar-refractivity contribution in [2.24, 2.45) is 5.92 Å². The first-order chi connectivity index (χ1) is 12.2. The lowest BCUT2D eigenvalue weighted by Gasteiger charge is -2.34. The Balaban J connectivity index is 1.65. The highest BCUT2D eigenvalue weighted by atomic mass is 19.1. The minimum atomic E-state index is -0.295. The Morgan fingerprint density at radius 2 is 2.20 bits per heavy atom. The lowest BCUT2D eigenvalue weighted by molar-refractivity contribution is -0.146. The topological polar surface area (TPSA) is 48.0 Å². The maximum absolute atomic E-state index is 14.1. The molecule has 1 aromatic rings. The summed E-state index contributed by atoms with van der Waals surface area (Å²) in [4.78, 5) is 14.5. The highest BCUT2D eigenvalue weighted by molar-refractivity contribution is 5.76. The number of hydrogen-bond donors (Lipinski definition) is 0. The second kappa shape index (κ2) is 6.92. The fraction of sp³-hybridized carbons (Fsp3) is 0.632. The van der Waals surface area contributed by atoms with Gasteiger partial charge in [0.15, 0.2) is 6.79 Å². The summed E-state index contributed by atoms with van der Waals surface area (Å²) in [5.41, 5.74) is 1.52. The van der Waals surface area contributed by atoms with Gasteiger partial charge in [0.1, 0.15) is 17.6 Å². The van der Waals surface area contributed by atoms with Crippen LogP contribution in [0.4, 0.5) is 4.39 Å². The van der Waals surface area contributed by atoms with E-state index in [-0.39, 0.29) is 24.6 Å². The third-order valence-corrected chi connectivity index (χ3v) is 5.80. The maximum Gasteiger partial charge on any atom is 0.323 e. The molecule has 3 aliphatic rings. The van der Waals surface area contributed by atoms with Gasteiger partial charge in [-0.05, 0) is 37.3 Å². The molecular weight excluding hydrogens is 325 g/mol. The van der Waals surface area contributed by atoms with Crippen LogP contribution >= 0.6 is 0 Å².